The molecule has 0 radical (unpaired) electrons. The average Bonchev–Trinajstić information content (AvgIpc) is 2.26. The molecule has 0 aromatic rings. The summed E-state index contributed by atoms with van der Waals surface area (Å²) in [5.74, 6) is -0.268. The zero-order chi connectivity index (χ0) is 11.5. The molecular weight excluding hydrogens is 262 g/mol. The summed E-state index contributed by atoms with van der Waals surface area (Å²) < 4.78 is 9.83. The number of carbonyl (C=O) groups is 1. The van der Waals surface area contributed by atoms with Crippen LogP contribution >= 0.6 is 15.9 Å². The second kappa shape index (κ2) is 10.1. The van der Waals surface area contributed by atoms with Gasteiger partial charge in [-0.1, -0.05) is 22.0 Å². The Labute approximate surface area is 99.1 Å². The number of hydrogen-bond acceptors (Lipinski definition) is 4. The van der Waals surface area contributed by atoms with Crippen LogP contribution in [0.25, 0.3) is 0 Å². The second-order valence-electron chi connectivity index (χ2n) is 2.88. The van der Waals surface area contributed by atoms with E-state index in [0.717, 1.165) is 13.0 Å². The maximum absolute atomic E-state index is 11.0. The number of rotatable bonds is 9. The van der Waals surface area contributed by atoms with Gasteiger partial charge in [0.1, 0.15) is 4.83 Å². The topological polar surface area (TPSA) is 47.6 Å². The fourth-order valence-corrected chi connectivity index (χ4v) is 1.27. The molecule has 5 heteroatoms. The summed E-state index contributed by atoms with van der Waals surface area (Å²) in [7, 11) is 1.37. The third kappa shape index (κ3) is 8.59. The molecule has 0 heterocycles. The zero-order valence-corrected chi connectivity index (χ0v) is 10.6. The van der Waals surface area contributed by atoms with E-state index in [2.05, 4.69) is 32.6 Å². The van der Waals surface area contributed by atoms with Gasteiger partial charge in [-0.25, -0.2) is 0 Å². The first-order chi connectivity index (χ1) is 7.22. The van der Waals surface area contributed by atoms with Gasteiger partial charge in [0, 0.05) is 13.1 Å². The summed E-state index contributed by atoms with van der Waals surface area (Å²) in [6.45, 7) is 6.18. The van der Waals surface area contributed by atoms with Crippen molar-refractivity contribution in [3.8, 4) is 0 Å². The van der Waals surface area contributed by atoms with Crippen LogP contribution in [-0.4, -0.2) is 44.2 Å². The number of esters is 1. The smallest absolute Gasteiger partial charge is 0.320 e. The van der Waals surface area contributed by atoms with Crippen molar-refractivity contribution in [1.82, 2.24) is 5.32 Å². The summed E-state index contributed by atoms with van der Waals surface area (Å²) in [6, 6.07) is 0. The van der Waals surface area contributed by atoms with E-state index >= 15 is 0 Å². The van der Waals surface area contributed by atoms with E-state index < -0.39 is 0 Å². The van der Waals surface area contributed by atoms with Gasteiger partial charge in [-0.05, 0) is 6.42 Å². The molecule has 4 nitrogen and oxygen atoms in total. The molecule has 0 spiro atoms. The highest BCUT2D eigenvalue weighted by Gasteiger charge is 2.13. The Morgan fingerprint density at radius 1 is 1.60 bits per heavy atom. The van der Waals surface area contributed by atoms with Crippen molar-refractivity contribution in [2.45, 2.75) is 11.2 Å². The van der Waals surface area contributed by atoms with E-state index in [-0.39, 0.29) is 10.8 Å². The molecule has 0 aliphatic carbocycles. The lowest BCUT2D eigenvalue weighted by atomic mass is 10.4. The van der Waals surface area contributed by atoms with Crippen molar-refractivity contribution in [2.75, 3.05) is 33.4 Å². The maximum Gasteiger partial charge on any atom is 0.320 e. The summed E-state index contributed by atoms with van der Waals surface area (Å²) in [5.41, 5.74) is 0. The van der Waals surface area contributed by atoms with Gasteiger partial charge in [0.05, 0.1) is 20.3 Å². The fraction of sp³-hybridized carbons (Fsp3) is 0.700. The number of hydrogen-bond donors (Lipinski definition) is 1. The number of halogens is 1. The van der Waals surface area contributed by atoms with Crippen LogP contribution in [0.2, 0.25) is 0 Å². The lowest BCUT2D eigenvalue weighted by Crippen LogP contribution is -2.31. The Morgan fingerprint density at radius 2 is 2.33 bits per heavy atom. The first-order valence-corrected chi connectivity index (χ1v) is 5.75. The van der Waals surface area contributed by atoms with E-state index in [1.165, 1.54) is 7.11 Å². The fourth-order valence-electron chi connectivity index (χ4n) is 0.853. The standard InChI is InChI=1S/C10H18BrNO3/c1-3-4-6-15-7-5-12-8-9(11)10(13)14-2/h3,9,12H,1,4-8H2,2H3. The van der Waals surface area contributed by atoms with Crippen LogP contribution in [0.3, 0.4) is 0 Å². The van der Waals surface area contributed by atoms with Crippen molar-refractivity contribution >= 4 is 21.9 Å². The van der Waals surface area contributed by atoms with E-state index in [0.29, 0.717) is 19.8 Å². The summed E-state index contributed by atoms with van der Waals surface area (Å²) in [6.07, 6.45) is 2.68. The van der Waals surface area contributed by atoms with Gasteiger partial charge in [0.15, 0.2) is 0 Å². The van der Waals surface area contributed by atoms with Crippen molar-refractivity contribution in [3.63, 3.8) is 0 Å². The van der Waals surface area contributed by atoms with E-state index in [9.17, 15) is 4.79 Å². The first kappa shape index (κ1) is 14.6. The number of carbonyl (C=O) groups excluding carboxylic acids is 1. The van der Waals surface area contributed by atoms with Gasteiger partial charge in [-0.2, -0.15) is 0 Å². The van der Waals surface area contributed by atoms with Crippen molar-refractivity contribution in [1.29, 1.82) is 0 Å². The van der Waals surface area contributed by atoms with Gasteiger partial charge < -0.3 is 14.8 Å². The molecule has 0 aromatic heterocycles. The molecule has 0 amide bonds. The SMILES string of the molecule is C=CCCOCCNCC(Br)C(=O)OC. The Hall–Kier alpha value is -0.390. The van der Waals surface area contributed by atoms with Crippen LogP contribution in [0.4, 0.5) is 0 Å². The number of methoxy groups -OCH3 is 1. The Kier molecular flexibility index (Phi) is 9.88. The Morgan fingerprint density at radius 3 is 2.93 bits per heavy atom. The van der Waals surface area contributed by atoms with Gasteiger partial charge in [0.2, 0.25) is 0 Å². The summed E-state index contributed by atoms with van der Waals surface area (Å²) in [5, 5.41) is 3.08. The molecule has 0 aliphatic heterocycles. The Balaban J connectivity index is 3.23. The lowest BCUT2D eigenvalue weighted by molar-refractivity contribution is -0.139. The van der Waals surface area contributed by atoms with E-state index in [4.69, 9.17) is 4.74 Å². The molecule has 0 aromatic carbocycles. The van der Waals surface area contributed by atoms with Crippen LogP contribution in [0.5, 0.6) is 0 Å². The van der Waals surface area contributed by atoms with Gasteiger partial charge in [0.25, 0.3) is 0 Å². The number of nitrogens with one attached hydrogen (secondary N) is 1. The molecule has 1 N–H and O–H groups in total. The third-order valence-corrected chi connectivity index (χ3v) is 2.37. The molecule has 0 bridgehead atoms. The third-order valence-electron chi connectivity index (χ3n) is 1.67. The second-order valence-corrected chi connectivity index (χ2v) is 3.99. The highest BCUT2D eigenvalue weighted by Crippen LogP contribution is 1.99. The van der Waals surface area contributed by atoms with Crippen molar-refractivity contribution < 1.29 is 14.3 Å². The average molecular weight is 280 g/mol. The van der Waals surface area contributed by atoms with Crippen LogP contribution in [0, 0.1) is 0 Å². The molecule has 0 fully saturated rings. The molecule has 1 unspecified atom stereocenters. The minimum absolute atomic E-state index is 0.268. The van der Waals surface area contributed by atoms with Crippen LogP contribution in [0.1, 0.15) is 6.42 Å². The minimum atomic E-state index is -0.296. The predicted molar refractivity (Wildman–Crippen MR) is 63.2 cm³/mol. The molecule has 88 valence electrons. The molecular formula is C10H18BrNO3. The van der Waals surface area contributed by atoms with Gasteiger partial charge in [-0.15, -0.1) is 6.58 Å². The molecule has 0 rings (SSSR count). The molecule has 0 aliphatic rings. The molecule has 1 atom stereocenters. The van der Waals surface area contributed by atoms with Gasteiger partial charge >= 0.3 is 5.97 Å². The maximum atomic E-state index is 11.0. The highest BCUT2D eigenvalue weighted by molar-refractivity contribution is 9.10. The normalized spacial score (nSPS) is 12.1. The van der Waals surface area contributed by atoms with E-state index in [1.54, 1.807) is 0 Å². The number of ether oxygens (including phenoxy) is 2. The largest absolute Gasteiger partial charge is 0.468 e. The van der Waals surface area contributed by atoms with Crippen LogP contribution in [-0.2, 0) is 14.3 Å². The molecule has 0 saturated heterocycles. The minimum Gasteiger partial charge on any atom is -0.468 e. The molecule has 0 saturated carbocycles. The summed E-state index contributed by atoms with van der Waals surface area (Å²) in [4.78, 5) is 10.7. The first-order valence-electron chi connectivity index (χ1n) is 4.83. The molecule has 15 heavy (non-hydrogen) atoms. The predicted octanol–water partition coefficient (Wildman–Crippen LogP) is 1.11. The zero-order valence-electron chi connectivity index (χ0n) is 9.00. The monoisotopic (exact) mass is 279 g/mol. The lowest BCUT2D eigenvalue weighted by Gasteiger charge is -2.09. The Bertz CT molecular complexity index is 188. The van der Waals surface area contributed by atoms with Crippen molar-refractivity contribution in [3.05, 3.63) is 12.7 Å². The summed E-state index contributed by atoms with van der Waals surface area (Å²) >= 11 is 3.21. The number of alkyl halides is 1. The van der Waals surface area contributed by atoms with Gasteiger partial charge in [-0.3, -0.25) is 4.79 Å². The highest BCUT2D eigenvalue weighted by atomic mass is 79.9. The van der Waals surface area contributed by atoms with Crippen molar-refractivity contribution in [2.24, 2.45) is 0 Å². The van der Waals surface area contributed by atoms with Crippen LogP contribution in [0.15, 0.2) is 12.7 Å². The van der Waals surface area contributed by atoms with Crippen LogP contribution < -0.4 is 5.32 Å². The quantitative estimate of drug-likeness (QED) is 0.297. The van der Waals surface area contributed by atoms with E-state index in [1.807, 2.05) is 6.08 Å².